The molecule has 2 bridgehead atoms. The molecule has 3 aliphatic rings. The van der Waals surface area contributed by atoms with Crippen molar-refractivity contribution >= 4 is 17.6 Å². The summed E-state index contributed by atoms with van der Waals surface area (Å²) < 4.78 is 0. The van der Waals surface area contributed by atoms with Crippen LogP contribution in [0.5, 0.6) is 0 Å². The van der Waals surface area contributed by atoms with E-state index in [0.717, 1.165) is 6.42 Å². The molecule has 1 saturated heterocycles. The fourth-order valence-corrected chi connectivity index (χ4v) is 3.61. The molecule has 0 aromatic carbocycles. The Morgan fingerprint density at radius 3 is 2.28 bits per heavy atom. The van der Waals surface area contributed by atoms with Gasteiger partial charge in [0.05, 0.1) is 11.8 Å². The van der Waals surface area contributed by atoms with E-state index >= 15 is 0 Å². The Balaban J connectivity index is 1.77. The minimum atomic E-state index is -0.144. The zero-order valence-corrected chi connectivity index (χ0v) is 9.69. The fraction of sp³-hybridized carbons (Fsp3) is 0.357. The number of rotatable bonds is 1. The van der Waals surface area contributed by atoms with Crippen molar-refractivity contribution in [2.45, 2.75) is 6.42 Å². The summed E-state index contributed by atoms with van der Waals surface area (Å²) in [5, 5.41) is 0. The normalized spacial score (nSPS) is 36.6. The number of amides is 2. The van der Waals surface area contributed by atoms with Crippen LogP contribution in [-0.2, 0) is 9.59 Å². The SMILES string of the molecule is O=C1C2C(C(=O)N1c1ccccn1)[C@H]1C=C[C@@H]2C1. The number of hydrogen-bond acceptors (Lipinski definition) is 3. The minimum Gasteiger partial charge on any atom is -0.274 e. The minimum absolute atomic E-state index is 0.0689. The van der Waals surface area contributed by atoms with Crippen LogP contribution < -0.4 is 4.90 Å². The van der Waals surface area contributed by atoms with Gasteiger partial charge in [-0.1, -0.05) is 18.2 Å². The van der Waals surface area contributed by atoms with E-state index in [9.17, 15) is 9.59 Å². The summed E-state index contributed by atoms with van der Waals surface area (Å²) in [7, 11) is 0. The van der Waals surface area contributed by atoms with Gasteiger partial charge in [-0.2, -0.15) is 0 Å². The Hall–Kier alpha value is -1.97. The molecule has 2 fully saturated rings. The Morgan fingerprint density at radius 2 is 1.72 bits per heavy atom. The van der Waals surface area contributed by atoms with E-state index in [1.54, 1.807) is 24.4 Å². The highest BCUT2D eigenvalue weighted by molar-refractivity contribution is 6.22. The van der Waals surface area contributed by atoms with Crippen molar-refractivity contribution < 1.29 is 9.59 Å². The standard InChI is InChI=1S/C14H12N2O2/c17-13-11-8-4-5-9(7-8)12(11)14(18)16(13)10-3-1-2-6-15-10/h1-6,8-9,11-12H,7H2/t8-,9+,11?,12?. The summed E-state index contributed by atoms with van der Waals surface area (Å²) in [4.78, 5) is 30.2. The van der Waals surface area contributed by atoms with Crippen molar-refractivity contribution in [3.8, 4) is 0 Å². The zero-order chi connectivity index (χ0) is 12.3. The first-order valence-corrected chi connectivity index (χ1v) is 6.24. The molecule has 2 heterocycles. The van der Waals surface area contributed by atoms with Crippen LogP contribution in [0.1, 0.15) is 6.42 Å². The zero-order valence-electron chi connectivity index (χ0n) is 9.69. The number of anilines is 1. The topological polar surface area (TPSA) is 50.3 Å². The van der Waals surface area contributed by atoms with Gasteiger partial charge in [-0.3, -0.25) is 9.59 Å². The number of allylic oxidation sites excluding steroid dienone is 2. The second kappa shape index (κ2) is 3.28. The molecular formula is C14H12N2O2. The number of carbonyl (C=O) groups excluding carboxylic acids is 2. The molecule has 2 unspecified atom stereocenters. The summed E-state index contributed by atoms with van der Waals surface area (Å²) in [5.41, 5.74) is 0. The van der Waals surface area contributed by atoms with Crippen molar-refractivity contribution in [3.05, 3.63) is 36.5 Å². The van der Waals surface area contributed by atoms with Gasteiger partial charge in [0.25, 0.3) is 0 Å². The molecule has 90 valence electrons. The van der Waals surface area contributed by atoms with Crippen LogP contribution in [0, 0.1) is 23.7 Å². The van der Waals surface area contributed by atoms with E-state index in [1.165, 1.54) is 4.90 Å². The smallest absolute Gasteiger partial charge is 0.239 e. The number of fused-ring (bicyclic) bond motifs is 5. The molecule has 1 aromatic rings. The number of pyridine rings is 1. The summed E-state index contributed by atoms with van der Waals surface area (Å²) in [6.45, 7) is 0. The third kappa shape index (κ3) is 1.08. The van der Waals surface area contributed by atoms with Crippen molar-refractivity contribution in [3.63, 3.8) is 0 Å². The van der Waals surface area contributed by atoms with Gasteiger partial charge in [0, 0.05) is 6.20 Å². The molecule has 4 heteroatoms. The highest BCUT2D eigenvalue weighted by Gasteiger charge is 2.59. The van der Waals surface area contributed by atoms with E-state index < -0.39 is 0 Å². The van der Waals surface area contributed by atoms with Crippen LogP contribution >= 0.6 is 0 Å². The van der Waals surface area contributed by atoms with Gasteiger partial charge in [0.2, 0.25) is 11.8 Å². The van der Waals surface area contributed by atoms with Gasteiger partial charge in [-0.05, 0) is 30.4 Å². The van der Waals surface area contributed by atoms with Gasteiger partial charge in [-0.25, -0.2) is 9.88 Å². The van der Waals surface area contributed by atoms with E-state index in [0.29, 0.717) is 5.82 Å². The van der Waals surface area contributed by atoms with Crippen LogP contribution in [0.25, 0.3) is 0 Å². The lowest BCUT2D eigenvalue weighted by Crippen LogP contribution is -2.33. The number of hydrogen-bond donors (Lipinski definition) is 0. The van der Waals surface area contributed by atoms with Crippen molar-refractivity contribution in [2.75, 3.05) is 4.90 Å². The van der Waals surface area contributed by atoms with Crippen LogP contribution in [0.2, 0.25) is 0 Å². The molecule has 0 radical (unpaired) electrons. The van der Waals surface area contributed by atoms with Crippen LogP contribution in [0.3, 0.4) is 0 Å². The maximum absolute atomic E-state index is 12.4. The summed E-state index contributed by atoms with van der Waals surface area (Å²) in [5.74, 6) is 0.543. The predicted octanol–water partition coefficient (Wildman–Crippen LogP) is 1.39. The second-order valence-corrected chi connectivity index (χ2v) is 5.20. The lowest BCUT2D eigenvalue weighted by atomic mass is 9.85. The fourth-order valence-electron chi connectivity index (χ4n) is 3.61. The van der Waals surface area contributed by atoms with Crippen LogP contribution in [0.4, 0.5) is 5.82 Å². The molecule has 2 aliphatic carbocycles. The van der Waals surface area contributed by atoms with Crippen molar-refractivity contribution in [1.29, 1.82) is 0 Å². The van der Waals surface area contributed by atoms with Crippen LogP contribution in [0.15, 0.2) is 36.5 Å². The Morgan fingerprint density at radius 1 is 1.06 bits per heavy atom. The molecule has 4 nitrogen and oxygen atoms in total. The van der Waals surface area contributed by atoms with Gasteiger partial charge in [-0.15, -0.1) is 0 Å². The molecule has 18 heavy (non-hydrogen) atoms. The molecule has 2 amide bonds. The lowest BCUT2D eigenvalue weighted by molar-refractivity contribution is -0.123. The van der Waals surface area contributed by atoms with Gasteiger partial charge in [0.15, 0.2) is 0 Å². The molecule has 4 atom stereocenters. The van der Waals surface area contributed by atoms with Crippen LogP contribution in [-0.4, -0.2) is 16.8 Å². The maximum Gasteiger partial charge on any atom is 0.239 e. The molecule has 0 N–H and O–H groups in total. The molecular weight excluding hydrogens is 228 g/mol. The molecule has 1 aromatic heterocycles. The Labute approximate surface area is 104 Å². The van der Waals surface area contributed by atoms with Gasteiger partial charge >= 0.3 is 0 Å². The lowest BCUT2D eigenvalue weighted by Gasteiger charge is -2.15. The number of imide groups is 1. The molecule has 1 saturated carbocycles. The third-order valence-electron chi connectivity index (χ3n) is 4.35. The Kier molecular flexibility index (Phi) is 1.82. The average molecular weight is 240 g/mol. The first-order chi connectivity index (χ1) is 8.77. The average Bonchev–Trinajstić information content (AvgIpc) is 3.05. The highest BCUT2D eigenvalue weighted by Crippen LogP contribution is 2.52. The number of nitrogens with zero attached hydrogens (tertiary/aromatic N) is 2. The number of carbonyl (C=O) groups is 2. The van der Waals surface area contributed by atoms with E-state index in [-0.39, 0.29) is 35.5 Å². The van der Waals surface area contributed by atoms with Crippen molar-refractivity contribution in [2.24, 2.45) is 23.7 Å². The molecule has 0 spiro atoms. The first-order valence-electron chi connectivity index (χ1n) is 6.24. The van der Waals surface area contributed by atoms with E-state index in [1.807, 2.05) is 0 Å². The maximum atomic E-state index is 12.4. The monoisotopic (exact) mass is 240 g/mol. The second-order valence-electron chi connectivity index (χ2n) is 5.20. The predicted molar refractivity (Wildman–Crippen MR) is 64.4 cm³/mol. The number of aromatic nitrogens is 1. The summed E-state index contributed by atoms with van der Waals surface area (Å²) >= 11 is 0. The Bertz CT molecular complexity index is 536. The summed E-state index contributed by atoms with van der Waals surface area (Å²) in [6.07, 6.45) is 6.76. The van der Waals surface area contributed by atoms with Crippen molar-refractivity contribution in [1.82, 2.24) is 4.98 Å². The third-order valence-corrected chi connectivity index (χ3v) is 4.35. The van der Waals surface area contributed by atoms with E-state index in [2.05, 4.69) is 17.1 Å². The van der Waals surface area contributed by atoms with E-state index in [4.69, 9.17) is 0 Å². The largest absolute Gasteiger partial charge is 0.274 e. The highest BCUT2D eigenvalue weighted by atomic mass is 16.2. The first kappa shape index (κ1) is 10.00. The quantitative estimate of drug-likeness (QED) is 0.550. The molecule has 1 aliphatic heterocycles. The molecule has 4 rings (SSSR count). The van der Waals surface area contributed by atoms with Gasteiger partial charge in [0.1, 0.15) is 5.82 Å². The summed E-state index contributed by atoms with van der Waals surface area (Å²) in [6, 6.07) is 5.29. The van der Waals surface area contributed by atoms with Gasteiger partial charge < -0.3 is 0 Å².